The average Bonchev–Trinajstić information content (AvgIpc) is 2.28. The largest absolute Gasteiger partial charge is 0.462 e. The van der Waals surface area contributed by atoms with E-state index in [2.05, 4.69) is 17.4 Å². The van der Waals surface area contributed by atoms with Gasteiger partial charge >= 0.3 is 5.97 Å². The number of carbonyl (C=O) groups excluding carboxylic acids is 1. The first kappa shape index (κ1) is 13.5. The zero-order valence-corrected chi connectivity index (χ0v) is 9.80. The lowest BCUT2D eigenvalue weighted by atomic mass is 10.0. The van der Waals surface area contributed by atoms with Crippen molar-refractivity contribution in [2.45, 2.75) is 18.2 Å². The third-order valence-corrected chi connectivity index (χ3v) is 2.51. The Balaban J connectivity index is 3.41. The summed E-state index contributed by atoms with van der Waals surface area (Å²) in [5, 5.41) is 8.75. The summed E-state index contributed by atoms with van der Waals surface area (Å²) in [4.78, 5) is 11.5. The molecular weight excluding hydrogens is 248 g/mol. The minimum Gasteiger partial charge on any atom is -0.462 e. The lowest BCUT2D eigenvalue weighted by molar-refractivity contribution is 0.0511. The van der Waals surface area contributed by atoms with Gasteiger partial charge < -0.3 is 4.74 Å². The summed E-state index contributed by atoms with van der Waals surface area (Å²) in [5.74, 6) is -0.898. The molecule has 0 unspecified atom stereocenters. The van der Waals surface area contributed by atoms with Gasteiger partial charge in [0.15, 0.2) is 0 Å². The molecule has 0 radical (unpaired) electrons. The van der Waals surface area contributed by atoms with Crippen molar-refractivity contribution in [2.75, 3.05) is 6.61 Å². The molecule has 0 atom stereocenters. The molecule has 1 aromatic rings. The summed E-state index contributed by atoms with van der Waals surface area (Å²) >= 11 is 3.93. The number of ether oxygens (including phenoxy) is 1. The van der Waals surface area contributed by atoms with Crippen molar-refractivity contribution in [3.63, 3.8) is 0 Å². The first-order valence-electron chi connectivity index (χ1n) is 4.74. The number of esters is 1. The van der Waals surface area contributed by atoms with Crippen LogP contribution in [-0.4, -0.2) is 12.6 Å². The van der Waals surface area contributed by atoms with Crippen LogP contribution in [0, 0.1) is 11.3 Å². The van der Waals surface area contributed by atoms with E-state index in [4.69, 9.17) is 5.26 Å². The molecule has 0 fully saturated rings. The monoisotopic (exact) mass is 257 g/mol. The number of rotatable bonds is 3. The van der Waals surface area contributed by atoms with Crippen LogP contribution in [0.15, 0.2) is 17.0 Å². The second kappa shape index (κ2) is 5.64. The summed E-state index contributed by atoms with van der Waals surface area (Å²) in [6.45, 7) is 1.62. The zero-order chi connectivity index (χ0) is 13.0. The molecule has 0 saturated heterocycles. The number of nitrogens with zero attached hydrogens (tertiary/aromatic N) is 1. The minimum atomic E-state index is -2.83. The number of hydrogen-bond donors (Lipinski definition) is 1. The summed E-state index contributed by atoms with van der Waals surface area (Å²) in [5.41, 5.74) is -0.766. The van der Waals surface area contributed by atoms with Crippen molar-refractivity contribution in [1.82, 2.24) is 0 Å². The standard InChI is InChI=1S/C11H9F2NO2S/c1-2-16-11(15)8-7(10(12)13)4-3-6(5-14)9(8)17/h3-4,10,17H,2H2,1H3. The fourth-order valence-electron chi connectivity index (χ4n) is 1.30. The van der Waals surface area contributed by atoms with Crippen LogP contribution in [0.1, 0.15) is 34.8 Å². The number of hydrogen-bond acceptors (Lipinski definition) is 4. The fourth-order valence-corrected chi connectivity index (χ4v) is 1.64. The highest BCUT2D eigenvalue weighted by molar-refractivity contribution is 7.80. The lowest BCUT2D eigenvalue weighted by Gasteiger charge is -2.11. The molecule has 1 aromatic carbocycles. The number of carbonyl (C=O) groups is 1. The normalized spacial score (nSPS) is 10.1. The molecule has 0 aliphatic rings. The van der Waals surface area contributed by atoms with E-state index >= 15 is 0 Å². The van der Waals surface area contributed by atoms with E-state index in [-0.39, 0.29) is 22.6 Å². The van der Waals surface area contributed by atoms with Crippen LogP contribution in [0.2, 0.25) is 0 Å². The predicted octanol–water partition coefficient (Wildman–Crippen LogP) is 2.96. The highest BCUT2D eigenvalue weighted by Crippen LogP contribution is 2.30. The molecule has 0 amide bonds. The van der Waals surface area contributed by atoms with Gasteiger partial charge in [0, 0.05) is 10.5 Å². The summed E-state index contributed by atoms with van der Waals surface area (Å²) < 4.78 is 30.1. The van der Waals surface area contributed by atoms with Crippen LogP contribution in [0.5, 0.6) is 0 Å². The molecule has 0 aromatic heterocycles. The zero-order valence-electron chi connectivity index (χ0n) is 8.91. The molecule has 0 aliphatic carbocycles. The molecule has 0 spiro atoms. The van der Waals surface area contributed by atoms with E-state index < -0.39 is 18.0 Å². The van der Waals surface area contributed by atoms with Crippen molar-refractivity contribution >= 4 is 18.6 Å². The van der Waals surface area contributed by atoms with Gasteiger partial charge in [-0.1, -0.05) is 6.07 Å². The maximum absolute atomic E-state index is 12.7. The Morgan fingerprint density at radius 1 is 1.59 bits per heavy atom. The first-order chi connectivity index (χ1) is 8.02. The first-order valence-corrected chi connectivity index (χ1v) is 5.18. The molecule has 0 aliphatic heterocycles. The van der Waals surface area contributed by atoms with Gasteiger partial charge in [-0.05, 0) is 13.0 Å². The Morgan fingerprint density at radius 3 is 2.71 bits per heavy atom. The summed E-state index contributed by atoms with van der Waals surface area (Å²) in [7, 11) is 0. The Bertz CT molecular complexity index is 483. The molecular formula is C11H9F2NO2S. The van der Waals surface area contributed by atoms with E-state index in [1.54, 1.807) is 13.0 Å². The molecule has 3 nitrogen and oxygen atoms in total. The van der Waals surface area contributed by atoms with Crippen molar-refractivity contribution in [3.05, 3.63) is 28.8 Å². The Kier molecular flexibility index (Phi) is 4.46. The maximum Gasteiger partial charge on any atom is 0.339 e. The molecule has 17 heavy (non-hydrogen) atoms. The molecule has 6 heteroatoms. The van der Waals surface area contributed by atoms with E-state index in [0.717, 1.165) is 6.07 Å². The van der Waals surface area contributed by atoms with Gasteiger partial charge in [-0.3, -0.25) is 0 Å². The quantitative estimate of drug-likeness (QED) is 0.669. The molecule has 0 bridgehead atoms. The molecule has 0 heterocycles. The van der Waals surface area contributed by atoms with E-state index in [9.17, 15) is 13.6 Å². The topological polar surface area (TPSA) is 50.1 Å². The van der Waals surface area contributed by atoms with E-state index in [1.165, 1.54) is 6.07 Å². The van der Waals surface area contributed by atoms with Crippen LogP contribution < -0.4 is 0 Å². The third-order valence-electron chi connectivity index (χ3n) is 2.05. The van der Waals surface area contributed by atoms with Gasteiger partial charge in [-0.25, -0.2) is 13.6 Å². The molecule has 0 saturated carbocycles. The summed E-state index contributed by atoms with van der Waals surface area (Å²) in [6.07, 6.45) is -2.83. The highest BCUT2D eigenvalue weighted by atomic mass is 32.1. The number of halogens is 2. The highest BCUT2D eigenvalue weighted by Gasteiger charge is 2.23. The third kappa shape index (κ3) is 2.74. The average molecular weight is 257 g/mol. The van der Waals surface area contributed by atoms with Crippen molar-refractivity contribution in [1.29, 1.82) is 5.26 Å². The second-order valence-electron chi connectivity index (χ2n) is 3.06. The van der Waals surface area contributed by atoms with Crippen LogP contribution >= 0.6 is 12.6 Å². The van der Waals surface area contributed by atoms with Crippen molar-refractivity contribution in [3.8, 4) is 6.07 Å². The fraction of sp³-hybridized carbons (Fsp3) is 0.273. The van der Waals surface area contributed by atoms with Crippen molar-refractivity contribution < 1.29 is 18.3 Å². The van der Waals surface area contributed by atoms with Crippen molar-refractivity contribution in [2.24, 2.45) is 0 Å². The Morgan fingerprint density at radius 2 is 2.24 bits per heavy atom. The smallest absolute Gasteiger partial charge is 0.339 e. The maximum atomic E-state index is 12.7. The minimum absolute atomic E-state index is 0.0563. The van der Waals surface area contributed by atoms with Gasteiger partial charge in [0.2, 0.25) is 0 Å². The van der Waals surface area contributed by atoms with Crippen LogP contribution in [0.25, 0.3) is 0 Å². The Hall–Kier alpha value is -1.61. The van der Waals surface area contributed by atoms with Gasteiger partial charge in [0.1, 0.15) is 6.07 Å². The van der Waals surface area contributed by atoms with Gasteiger partial charge in [-0.15, -0.1) is 12.6 Å². The molecule has 1 rings (SSSR count). The summed E-state index contributed by atoms with van der Waals surface area (Å²) in [6, 6.07) is 4.01. The molecule has 0 N–H and O–H groups in total. The number of thiol groups is 1. The number of alkyl halides is 2. The number of benzene rings is 1. The van der Waals surface area contributed by atoms with E-state index in [0.29, 0.717) is 0 Å². The van der Waals surface area contributed by atoms with Gasteiger partial charge in [0.05, 0.1) is 17.7 Å². The SMILES string of the molecule is CCOC(=O)c1c(C(F)F)ccc(C#N)c1S. The van der Waals surface area contributed by atoms with Gasteiger partial charge in [0.25, 0.3) is 6.43 Å². The predicted molar refractivity (Wildman–Crippen MR) is 59.3 cm³/mol. The second-order valence-corrected chi connectivity index (χ2v) is 3.51. The van der Waals surface area contributed by atoms with E-state index in [1.807, 2.05) is 0 Å². The van der Waals surface area contributed by atoms with Crippen LogP contribution in [-0.2, 0) is 4.74 Å². The lowest BCUT2D eigenvalue weighted by Crippen LogP contribution is -2.10. The van der Waals surface area contributed by atoms with Crippen LogP contribution in [0.3, 0.4) is 0 Å². The number of nitriles is 1. The van der Waals surface area contributed by atoms with Crippen LogP contribution in [0.4, 0.5) is 8.78 Å². The molecule has 90 valence electrons. The Labute approximate surface area is 102 Å². The van der Waals surface area contributed by atoms with Gasteiger partial charge in [-0.2, -0.15) is 5.26 Å².